The summed E-state index contributed by atoms with van der Waals surface area (Å²) in [5, 5.41) is 9.63. The Bertz CT molecular complexity index is 483. The second-order valence-electron chi connectivity index (χ2n) is 5.37. The number of rotatable bonds is 4. The molecule has 2 rings (SSSR count). The van der Waals surface area contributed by atoms with Crippen LogP contribution in [-0.2, 0) is 0 Å². The first-order chi connectivity index (χ1) is 9.69. The van der Waals surface area contributed by atoms with Crippen molar-refractivity contribution in [1.29, 1.82) is 5.26 Å². The summed E-state index contributed by atoms with van der Waals surface area (Å²) in [5.41, 5.74) is 1.02. The average Bonchev–Trinajstić information content (AvgIpc) is 2.49. The SMILES string of the molecule is CCC1CN(C)CCN1C(C#N)c1cccc(OC)c1. The lowest BCUT2D eigenvalue weighted by Crippen LogP contribution is -2.52. The van der Waals surface area contributed by atoms with Crippen LogP contribution in [0.5, 0.6) is 5.75 Å². The molecule has 0 N–H and O–H groups in total. The number of methoxy groups -OCH3 is 1. The van der Waals surface area contributed by atoms with Crippen LogP contribution in [0.3, 0.4) is 0 Å². The number of likely N-dealkylation sites (N-methyl/N-ethyl adjacent to an activating group) is 1. The van der Waals surface area contributed by atoms with Crippen LogP contribution < -0.4 is 4.74 Å². The molecule has 0 bridgehead atoms. The Balaban J connectivity index is 2.24. The van der Waals surface area contributed by atoms with Crippen molar-refractivity contribution >= 4 is 0 Å². The molecule has 1 aliphatic heterocycles. The van der Waals surface area contributed by atoms with Crippen LogP contribution >= 0.6 is 0 Å². The summed E-state index contributed by atoms with van der Waals surface area (Å²) < 4.78 is 5.27. The van der Waals surface area contributed by atoms with Gasteiger partial charge in [-0.25, -0.2) is 0 Å². The van der Waals surface area contributed by atoms with Crippen molar-refractivity contribution < 1.29 is 4.74 Å². The minimum atomic E-state index is -0.191. The van der Waals surface area contributed by atoms with E-state index >= 15 is 0 Å². The van der Waals surface area contributed by atoms with Gasteiger partial charge in [0.25, 0.3) is 0 Å². The summed E-state index contributed by atoms with van der Waals surface area (Å²) in [6.07, 6.45) is 1.06. The second kappa shape index (κ2) is 6.74. The van der Waals surface area contributed by atoms with Crippen LogP contribution in [0.25, 0.3) is 0 Å². The maximum absolute atomic E-state index is 9.63. The summed E-state index contributed by atoms with van der Waals surface area (Å²) >= 11 is 0. The quantitative estimate of drug-likeness (QED) is 0.844. The largest absolute Gasteiger partial charge is 0.497 e. The molecule has 0 amide bonds. The van der Waals surface area contributed by atoms with E-state index in [4.69, 9.17) is 4.74 Å². The molecule has 1 heterocycles. The maximum atomic E-state index is 9.63. The Hall–Kier alpha value is -1.57. The van der Waals surface area contributed by atoms with Crippen molar-refractivity contribution in [3.05, 3.63) is 29.8 Å². The summed E-state index contributed by atoms with van der Waals surface area (Å²) in [4.78, 5) is 4.67. The Labute approximate surface area is 121 Å². The van der Waals surface area contributed by atoms with E-state index < -0.39 is 0 Å². The summed E-state index contributed by atoms with van der Waals surface area (Å²) in [6.45, 7) is 5.17. The molecule has 1 saturated heterocycles. The molecule has 2 atom stereocenters. The van der Waals surface area contributed by atoms with E-state index in [9.17, 15) is 5.26 Å². The number of hydrogen-bond donors (Lipinski definition) is 0. The summed E-state index contributed by atoms with van der Waals surface area (Å²) in [6, 6.07) is 10.6. The normalized spacial score (nSPS) is 22.2. The van der Waals surface area contributed by atoms with Gasteiger partial charge in [0.1, 0.15) is 11.8 Å². The molecule has 1 aromatic carbocycles. The first kappa shape index (κ1) is 14.8. The van der Waals surface area contributed by atoms with E-state index in [2.05, 4.69) is 29.8 Å². The average molecular weight is 273 g/mol. The van der Waals surface area contributed by atoms with Gasteiger partial charge in [-0.2, -0.15) is 5.26 Å². The van der Waals surface area contributed by atoms with Crippen LogP contribution in [0.15, 0.2) is 24.3 Å². The van der Waals surface area contributed by atoms with Gasteiger partial charge in [-0.05, 0) is 31.2 Å². The van der Waals surface area contributed by atoms with E-state index in [1.54, 1.807) is 7.11 Å². The molecule has 1 aromatic rings. The predicted octanol–water partition coefficient (Wildman–Crippen LogP) is 2.29. The van der Waals surface area contributed by atoms with Crippen molar-refractivity contribution in [2.45, 2.75) is 25.4 Å². The molecule has 2 unspecified atom stereocenters. The van der Waals surface area contributed by atoms with Gasteiger partial charge in [-0.15, -0.1) is 0 Å². The molecule has 1 fully saturated rings. The number of hydrogen-bond acceptors (Lipinski definition) is 4. The molecule has 0 aromatic heterocycles. The fraction of sp³-hybridized carbons (Fsp3) is 0.562. The zero-order valence-corrected chi connectivity index (χ0v) is 12.5. The Kier molecular flexibility index (Phi) is 4.99. The third-order valence-corrected chi connectivity index (χ3v) is 4.07. The van der Waals surface area contributed by atoms with Gasteiger partial charge in [-0.3, -0.25) is 4.90 Å². The number of nitrogens with zero attached hydrogens (tertiary/aromatic N) is 3. The van der Waals surface area contributed by atoms with E-state index in [1.807, 2.05) is 24.3 Å². The minimum absolute atomic E-state index is 0.191. The van der Waals surface area contributed by atoms with Crippen LogP contribution in [0.4, 0.5) is 0 Å². The highest BCUT2D eigenvalue weighted by Gasteiger charge is 2.30. The first-order valence-corrected chi connectivity index (χ1v) is 7.17. The minimum Gasteiger partial charge on any atom is -0.497 e. The molecular weight excluding hydrogens is 250 g/mol. The summed E-state index contributed by atoms with van der Waals surface area (Å²) in [5.74, 6) is 0.810. The molecule has 0 aliphatic carbocycles. The third-order valence-electron chi connectivity index (χ3n) is 4.07. The number of piperazine rings is 1. The van der Waals surface area contributed by atoms with E-state index in [0.717, 1.165) is 37.4 Å². The maximum Gasteiger partial charge on any atom is 0.124 e. The predicted molar refractivity (Wildman–Crippen MR) is 79.6 cm³/mol. The molecule has 4 heteroatoms. The fourth-order valence-corrected chi connectivity index (χ4v) is 2.88. The molecule has 4 nitrogen and oxygen atoms in total. The Morgan fingerprint density at radius 2 is 2.25 bits per heavy atom. The van der Waals surface area contributed by atoms with Crippen LogP contribution in [0.1, 0.15) is 24.9 Å². The van der Waals surface area contributed by atoms with Gasteiger partial charge in [0, 0.05) is 25.7 Å². The van der Waals surface area contributed by atoms with Crippen molar-refractivity contribution in [1.82, 2.24) is 9.80 Å². The van der Waals surface area contributed by atoms with Gasteiger partial charge in [0.2, 0.25) is 0 Å². The Morgan fingerprint density at radius 3 is 2.90 bits per heavy atom. The van der Waals surface area contributed by atoms with Gasteiger partial charge in [0.15, 0.2) is 0 Å². The number of benzene rings is 1. The lowest BCUT2D eigenvalue weighted by molar-refractivity contribution is 0.0675. The highest BCUT2D eigenvalue weighted by atomic mass is 16.5. The summed E-state index contributed by atoms with van der Waals surface area (Å²) in [7, 11) is 3.80. The third kappa shape index (κ3) is 3.12. The van der Waals surface area contributed by atoms with Crippen molar-refractivity contribution in [3.63, 3.8) is 0 Å². The molecule has 108 valence electrons. The molecule has 0 spiro atoms. The lowest BCUT2D eigenvalue weighted by atomic mass is 10.0. The van der Waals surface area contributed by atoms with Crippen molar-refractivity contribution in [3.8, 4) is 11.8 Å². The van der Waals surface area contributed by atoms with Gasteiger partial charge in [-0.1, -0.05) is 19.1 Å². The van der Waals surface area contributed by atoms with Gasteiger partial charge < -0.3 is 9.64 Å². The molecular formula is C16H23N3O. The van der Waals surface area contributed by atoms with Gasteiger partial charge in [0.05, 0.1) is 13.2 Å². The number of ether oxygens (including phenoxy) is 1. The van der Waals surface area contributed by atoms with Crippen LogP contribution in [0, 0.1) is 11.3 Å². The zero-order valence-electron chi connectivity index (χ0n) is 12.5. The molecule has 0 radical (unpaired) electrons. The van der Waals surface area contributed by atoms with Gasteiger partial charge >= 0.3 is 0 Å². The standard InChI is InChI=1S/C16H23N3O/c1-4-14-12-18(2)8-9-19(14)16(11-17)13-6-5-7-15(10-13)20-3/h5-7,10,14,16H,4,8-9,12H2,1-3H3. The van der Waals surface area contributed by atoms with Crippen LogP contribution in [0.2, 0.25) is 0 Å². The smallest absolute Gasteiger partial charge is 0.124 e. The van der Waals surface area contributed by atoms with E-state index in [1.165, 1.54) is 0 Å². The van der Waals surface area contributed by atoms with Crippen LogP contribution in [-0.4, -0.2) is 49.6 Å². The molecule has 20 heavy (non-hydrogen) atoms. The number of nitriles is 1. The topological polar surface area (TPSA) is 39.5 Å². The van der Waals surface area contributed by atoms with Crippen molar-refractivity contribution in [2.75, 3.05) is 33.8 Å². The molecule has 0 saturated carbocycles. The highest BCUT2D eigenvalue weighted by Crippen LogP contribution is 2.28. The van der Waals surface area contributed by atoms with E-state index in [0.29, 0.717) is 6.04 Å². The lowest BCUT2D eigenvalue weighted by Gasteiger charge is -2.42. The Morgan fingerprint density at radius 1 is 1.45 bits per heavy atom. The fourth-order valence-electron chi connectivity index (χ4n) is 2.88. The second-order valence-corrected chi connectivity index (χ2v) is 5.37. The van der Waals surface area contributed by atoms with E-state index in [-0.39, 0.29) is 6.04 Å². The molecule has 1 aliphatic rings. The highest BCUT2D eigenvalue weighted by molar-refractivity contribution is 5.33. The monoisotopic (exact) mass is 273 g/mol. The van der Waals surface area contributed by atoms with Crippen molar-refractivity contribution in [2.24, 2.45) is 0 Å². The first-order valence-electron chi connectivity index (χ1n) is 7.17. The zero-order chi connectivity index (χ0) is 14.5.